The smallest absolute Gasteiger partial charge is 0.255 e. The number of anilines is 1. The Labute approximate surface area is 138 Å². The molecule has 0 aliphatic carbocycles. The molecule has 0 unspecified atom stereocenters. The first kappa shape index (κ1) is 17.7. The number of sulfonamides is 1. The van der Waals surface area contributed by atoms with E-state index in [0.29, 0.717) is 30.3 Å². The van der Waals surface area contributed by atoms with Crippen LogP contribution in [0, 0.1) is 5.92 Å². The number of piperidine rings is 1. The Hall–Kier alpha value is -1.60. The SMILES string of the molecule is CCNCC1CCN(C(=O)c2ccccc2NS(C)(=O)=O)CC1. The van der Waals surface area contributed by atoms with Gasteiger partial charge in [0, 0.05) is 13.1 Å². The molecule has 1 aromatic rings. The summed E-state index contributed by atoms with van der Waals surface area (Å²) in [6.45, 7) is 5.46. The molecule has 2 rings (SSSR count). The summed E-state index contributed by atoms with van der Waals surface area (Å²) in [7, 11) is -3.41. The molecule has 6 nitrogen and oxygen atoms in total. The third-order valence-corrected chi connectivity index (χ3v) is 4.63. The topological polar surface area (TPSA) is 78.5 Å². The summed E-state index contributed by atoms with van der Waals surface area (Å²) in [6.07, 6.45) is 3.03. The second-order valence-corrected chi connectivity index (χ2v) is 7.71. The summed E-state index contributed by atoms with van der Waals surface area (Å²) < 4.78 is 25.3. The molecule has 1 aromatic carbocycles. The third-order valence-electron chi connectivity index (χ3n) is 4.04. The van der Waals surface area contributed by atoms with Crippen LogP contribution < -0.4 is 10.0 Å². The van der Waals surface area contributed by atoms with E-state index in [0.717, 1.165) is 32.2 Å². The number of rotatable bonds is 6. The van der Waals surface area contributed by atoms with Crippen molar-refractivity contribution in [2.24, 2.45) is 5.92 Å². The Balaban J connectivity index is 2.04. The fourth-order valence-electron chi connectivity index (χ4n) is 2.82. The maximum Gasteiger partial charge on any atom is 0.255 e. The quantitative estimate of drug-likeness (QED) is 0.824. The van der Waals surface area contributed by atoms with Crippen molar-refractivity contribution in [1.29, 1.82) is 0 Å². The minimum atomic E-state index is -3.41. The van der Waals surface area contributed by atoms with Gasteiger partial charge in [0.15, 0.2) is 0 Å². The van der Waals surface area contributed by atoms with Gasteiger partial charge in [-0.25, -0.2) is 8.42 Å². The van der Waals surface area contributed by atoms with Crippen LogP contribution >= 0.6 is 0 Å². The molecule has 0 atom stereocenters. The van der Waals surface area contributed by atoms with Gasteiger partial charge in [0.1, 0.15) is 0 Å². The number of hydrogen-bond donors (Lipinski definition) is 2. The zero-order chi connectivity index (χ0) is 16.9. The van der Waals surface area contributed by atoms with E-state index in [1.165, 1.54) is 0 Å². The lowest BCUT2D eigenvalue weighted by Gasteiger charge is -2.32. The molecule has 0 saturated carbocycles. The molecule has 0 bridgehead atoms. The molecule has 2 N–H and O–H groups in total. The first-order valence-electron chi connectivity index (χ1n) is 7.97. The van der Waals surface area contributed by atoms with E-state index in [1.807, 2.05) is 4.90 Å². The van der Waals surface area contributed by atoms with Gasteiger partial charge in [-0.1, -0.05) is 19.1 Å². The molecular formula is C16H25N3O3S. The lowest BCUT2D eigenvalue weighted by molar-refractivity contribution is 0.0691. The van der Waals surface area contributed by atoms with Crippen molar-refractivity contribution in [2.45, 2.75) is 19.8 Å². The van der Waals surface area contributed by atoms with E-state index in [9.17, 15) is 13.2 Å². The van der Waals surface area contributed by atoms with Gasteiger partial charge in [0.05, 0.1) is 17.5 Å². The number of benzene rings is 1. The third kappa shape index (κ3) is 5.21. The summed E-state index contributed by atoms with van der Waals surface area (Å²) in [6, 6.07) is 6.75. The molecule has 0 spiro atoms. The number of carbonyl (C=O) groups is 1. The number of para-hydroxylation sites is 1. The summed E-state index contributed by atoms with van der Waals surface area (Å²) in [5.41, 5.74) is 0.748. The van der Waals surface area contributed by atoms with Crippen molar-refractivity contribution in [3.05, 3.63) is 29.8 Å². The van der Waals surface area contributed by atoms with Crippen LogP contribution in [-0.4, -0.2) is 51.7 Å². The van der Waals surface area contributed by atoms with Crippen LogP contribution in [0.3, 0.4) is 0 Å². The predicted octanol–water partition coefficient (Wildman–Crippen LogP) is 1.52. The Bertz CT molecular complexity index is 638. The van der Waals surface area contributed by atoms with Crippen LogP contribution in [0.2, 0.25) is 0 Å². The number of amides is 1. The Morgan fingerprint density at radius 1 is 1.26 bits per heavy atom. The van der Waals surface area contributed by atoms with Crippen LogP contribution in [-0.2, 0) is 10.0 Å². The molecule has 0 aromatic heterocycles. The van der Waals surface area contributed by atoms with Crippen LogP contribution in [0.1, 0.15) is 30.1 Å². The maximum absolute atomic E-state index is 12.7. The van der Waals surface area contributed by atoms with Crippen molar-refractivity contribution in [1.82, 2.24) is 10.2 Å². The number of nitrogens with one attached hydrogen (secondary N) is 2. The maximum atomic E-state index is 12.7. The Morgan fingerprint density at radius 3 is 2.52 bits per heavy atom. The minimum Gasteiger partial charge on any atom is -0.339 e. The van der Waals surface area contributed by atoms with Crippen molar-refractivity contribution >= 4 is 21.6 Å². The number of carbonyl (C=O) groups excluding carboxylic acids is 1. The second kappa shape index (κ2) is 7.79. The summed E-state index contributed by atoms with van der Waals surface area (Å²) in [5, 5.41) is 3.35. The van der Waals surface area contributed by atoms with Gasteiger partial charge in [0.2, 0.25) is 10.0 Å². The predicted molar refractivity (Wildman–Crippen MR) is 92.1 cm³/mol. The molecule has 1 amide bonds. The zero-order valence-corrected chi connectivity index (χ0v) is 14.5. The lowest BCUT2D eigenvalue weighted by Crippen LogP contribution is -2.41. The number of hydrogen-bond acceptors (Lipinski definition) is 4. The van der Waals surface area contributed by atoms with Gasteiger partial charge >= 0.3 is 0 Å². The number of nitrogens with zero attached hydrogens (tertiary/aromatic N) is 1. The minimum absolute atomic E-state index is 0.112. The fraction of sp³-hybridized carbons (Fsp3) is 0.562. The van der Waals surface area contributed by atoms with Crippen LogP contribution in [0.15, 0.2) is 24.3 Å². The molecule has 7 heteroatoms. The highest BCUT2D eigenvalue weighted by atomic mass is 32.2. The molecular weight excluding hydrogens is 314 g/mol. The highest BCUT2D eigenvalue weighted by Crippen LogP contribution is 2.22. The largest absolute Gasteiger partial charge is 0.339 e. The van der Waals surface area contributed by atoms with Gasteiger partial charge in [-0.05, 0) is 44.0 Å². The van der Waals surface area contributed by atoms with Crippen molar-refractivity contribution in [3.63, 3.8) is 0 Å². The fourth-order valence-corrected chi connectivity index (χ4v) is 3.39. The van der Waals surface area contributed by atoms with Crippen molar-refractivity contribution in [2.75, 3.05) is 37.2 Å². The molecule has 128 valence electrons. The first-order chi connectivity index (χ1) is 10.9. The van der Waals surface area contributed by atoms with Gasteiger partial charge in [-0.2, -0.15) is 0 Å². The average Bonchev–Trinajstić information content (AvgIpc) is 2.52. The van der Waals surface area contributed by atoms with Crippen LogP contribution in [0.4, 0.5) is 5.69 Å². The lowest BCUT2D eigenvalue weighted by atomic mass is 9.96. The molecule has 1 aliphatic rings. The number of likely N-dealkylation sites (tertiary alicyclic amines) is 1. The molecule has 1 heterocycles. The van der Waals surface area contributed by atoms with Crippen molar-refractivity contribution < 1.29 is 13.2 Å². The van der Waals surface area contributed by atoms with E-state index in [-0.39, 0.29) is 5.91 Å². The highest BCUT2D eigenvalue weighted by molar-refractivity contribution is 7.92. The molecule has 0 radical (unpaired) electrons. The summed E-state index contributed by atoms with van der Waals surface area (Å²) in [5.74, 6) is 0.488. The van der Waals surface area contributed by atoms with E-state index in [2.05, 4.69) is 17.0 Å². The van der Waals surface area contributed by atoms with Gasteiger partial charge in [0.25, 0.3) is 5.91 Å². The first-order valence-corrected chi connectivity index (χ1v) is 9.86. The molecule has 1 saturated heterocycles. The Kier molecular flexibility index (Phi) is 6.01. The molecule has 1 fully saturated rings. The summed E-state index contributed by atoms with van der Waals surface area (Å²) in [4.78, 5) is 14.5. The van der Waals surface area contributed by atoms with Crippen LogP contribution in [0.25, 0.3) is 0 Å². The van der Waals surface area contributed by atoms with Gasteiger partial charge < -0.3 is 10.2 Å². The second-order valence-electron chi connectivity index (χ2n) is 5.96. The van der Waals surface area contributed by atoms with E-state index in [1.54, 1.807) is 24.3 Å². The monoisotopic (exact) mass is 339 g/mol. The Morgan fingerprint density at radius 2 is 1.91 bits per heavy atom. The van der Waals surface area contributed by atoms with Crippen LogP contribution in [0.5, 0.6) is 0 Å². The standard InChI is InChI=1S/C16H25N3O3S/c1-3-17-12-13-8-10-19(11-9-13)16(20)14-6-4-5-7-15(14)18-23(2,21)22/h4-7,13,17-18H,3,8-12H2,1-2H3. The van der Waals surface area contributed by atoms with E-state index >= 15 is 0 Å². The molecule has 1 aliphatic heterocycles. The zero-order valence-electron chi connectivity index (χ0n) is 13.7. The average molecular weight is 339 g/mol. The van der Waals surface area contributed by atoms with E-state index < -0.39 is 10.0 Å². The molecule has 23 heavy (non-hydrogen) atoms. The van der Waals surface area contributed by atoms with Gasteiger partial charge in [-0.3, -0.25) is 9.52 Å². The summed E-state index contributed by atoms with van der Waals surface area (Å²) >= 11 is 0. The van der Waals surface area contributed by atoms with Crippen molar-refractivity contribution in [3.8, 4) is 0 Å². The normalized spacial score (nSPS) is 16.3. The highest BCUT2D eigenvalue weighted by Gasteiger charge is 2.25. The van der Waals surface area contributed by atoms with Gasteiger partial charge in [-0.15, -0.1) is 0 Å². The van der Waals surface area contributed by atoms with E-state index in [4.69, 9.17) is 0 Å².